The minimum absolute atomic E-state index is 1.14. The fraction of sp³-hybridized carbons (Fsp3) is 0.333. The van der Waals surface area contributed by atoms with Gasteiger partial charge in [-0.15, -0.1) is 0 Å². The molecule has 0 nitrogen and oxygen atoms in total. The van der Waals surface area contributed by atoms with Crippen LogP contribution in [0.15, 0.2) is 54.6 Å². The van der Waals surface area contributed by atoms with E-state index in [2.05, 4.69) is 69.3 Å². The van der Waals surface area contributed by atoms with Gasteiger partial charge in [-0.2, -0.15) is 0 Å². The maximum atomic E-state index is 2.28. The topological polar surface area (TPSA) is 0 Å². The Kier molecular flexibility index (Phi) is 6.86. The summed E-state index contributed by atoms with van der Waals surface area (Å²) in [5, 5.41) is 0. The van der Waals surface area contributed by atoms with Gasteiger partial charge in [0, 0.05) is 0 Å². The van der Waals surface area contributed by atoms with Gasteiger partial charge in [0.25, 0.3) is 0 Å². The normalized spacial score (nSPS) is 9.50. The Bertz CT molecular complexity index is 410. The first-order chi connectivity index (χ1) is 8.80. The van der Waals surface area contributed by atoms with Crippen molar-refractivity contribution in [2.75, 3.05) is 0 Å². The van der Waals surface area contributed by atoms with Crippen LogP contribution >= 0.6 is 0 Å². The molecule has 0 radical (unpaired) electrons. The van der Waals surface area contributed by atoms with Crippen molar-refractivity contribution in [3.63, 3.8) is 0 Å². The largest absolute Gasteiger partial charge is 0.0622 e. The second-order valence-corrected chi connectivity index (χ2v) is 4.37. The van der Waals surface area contributed by atoms with Crippen LogP contribution in [0.4, 0.5) is 0 Å². The molecule has 2 rings (SSSR count). The molecule has 0 heteroatoms. The zero-order valence-corrected chi connectivity index (χ0v) is 11.8. The van der Waals surface area contributed by atoms with Crippen molar-refractivity contribution in [2.45, 2.75) is 40.0 Å². The van der Waals surface area contributed by atoms with E-state index in [1.165, 1.54) is 16.7 Å². The van der Waals surface area contributed by atoms with E-state index < -0.39 is 0 Å². The monoisotopic (exact) mass is 240 g/mol. The van der Waals surface area contributed by atoms with E-state index in [1.54, 1.807) is 0 Å². The molecule has 96 valence electrons. The van der Waals surface area contributed by atoms with E-state index in [1.807, 2.05) is 6.07 Å². The smallest absolute Gasteiger partial charge is 0.0307 e. The maximum absolute atomic E-state index is 2.28. The maximum Gasteiger partial charge on any atom is -0.0307 e. The SMILES string of the molecule is CCc1cccc(CC)c1.CCc1ccccc1. The average Bonchev–Trinajstić information content (AvgIpc) is 2.48. The molecule has 0 N–H and O–H groups in total. The van der Waals surface area contributed by atoms with Gasteiger partial charge in [0.05, 0.1) is 0 Å². The fourth-order valence-corrected chi connectivity index (χ4v) is 1.78. The lowest BCUT2D eigenvalue weighted by molar-refractivity contribution is 1.09. The summed E-state index contributed by atoms with van der Waals surface area (Å²) in [6.45, 7) is 6.54. The van der Waals surface area contributed by atoms with Crippen molar-refractivity contribution >= 4 is 0 Å². The molecule has 0 aliphatic heterocycles. The summed E-state index contributed by atoms with van der Waals surface area (Å²) >= 11 is 0. The van der Waals surface area contributed by atoms with E-state index in [0.717, 1.165) is 19.3 Å². The number of rotatable bonds is 3. The van der Waals surface area contributed by atoms with Crippen molar-refractivity contribution in [1.82, 2.24) is 0 Å². The third-order valence-corrected chi connectivity index (χ3v) is 3.06. The fourth-order valence-electron chi connectivity index (χ4n) is 1.78. The summed E-state index contributed by atoms with van der Waals surface area (Å²) in [7, 11) is 0. The van der Waals surface area contributed by atoms with Gasteiger partial charge in [-0.05, 0) is 36.0 Å². The van der Waals surface area contributed by atoms with Crippen molar-refractivity contribution in [3.05, 3.63) is 71.3 Å². The Labute approximate surface area is 112 Å². The Balaban J connectivity index is 0.000000184. The molecule has 0 unspecified atom stereocenters. The predicted octanol–water partition coefficient (Wildman–Crippen LogP) is 5.06. The molecule has 0 amide bonds. The molecule has 0 bridgehead atoms. The van der Waals surface area contributed by atoms with Gasteiger partial charge in [0.1, 0.15) is 0 Å². The van der Waals surface area contributed by atoms with Crippen LogP contribution < -0.4 is 0 Å². The summed E-state index contributed by atoms with van der Waals surface area (Å²) in [5.41, 5.74) is 4.30. The molecule has 0 fully saturated rings. The molecule has 0 aliphatic rings. The van der Waals surface area contributed by atoms with Gasteiger partial charge in [-0.25, -0.2) is 0 Å². The summed E-state index contributed by atoms with van der Waals surface area (Å²) in [4.78, 5) is 0. The van der Waals surface area contributed by atoms with E-state index in [0.29, 0.717) is 0 Å². The second kappa shape index (κ2) is 8.52. The van der Waals surface area contributed by atoms with Crippen LogP contribution in [0.5, 0.6) is 0 Å². The summed E-state index contributed by atoms with van der Waals surface area (Å²) in [5.74, 6) is 0. The summed E-state index contributed by atoms with van der Waals surface area (Å²) in [6.07, 6.45) is 3.43. The third-order valence-electron chi connectivity index (χ3n) is 3.06. The molecule has 2 aromatic carbocycles. The van der Waals surface area contributed by atoms with Crippen LogP contribution in [0.1, 0.15) is 37.5 Å². The van der Waals surface area contributed by atoms with Crippen molar-refractivity contribution in [1.29, 1.82) is 0 Å². The van der Waals surface area contributed by atoms with Crippen LogP contribution in [-0.4, -0.2) is 0 Å². The average molecular weight is 240 g/mol. The molecule has 0 atom stereocenters. The van der Waals surface area contributed by atoms with Gasteiger partial charge in [-0.1, -0.05) is 75.4 Å². The zero-order chi connectivity index (χ0) is 13.2. The van der Waals surface area contributed by atoms with Crippen molar-refractivity contribution in [2.24, 2.45) is 0 Å². The molecule has 2 aromatic rings. The molecule has 0 spiro atoms. The minimum atomic E-state index is 1.14. The molecular weight excluding hydrogens is 216 g/mol. The molecule has 0 heterocycles. The van der Waals surface area contributed by atoms with Gasteiger partial charge in [0.15, 0.2) is 0 Å². The summed E-state index contributed by atoms with van der Waals surface area (Å²) < 4.78 is 0. The van der Waals surface area contributed by atoms with Gasteiger partial charge >= 0.3 is 0 Å². The quantitative estimate of drug-likeness (QED) is 0.703. The Hall–Kier alpha value is -1.56. The first-order valence-corrected chi connectivity index (χ1v) is 6.91. The number of aryl methyl sites for hydroxylation is 3. The van der Waals surface area contributed by atoms with Crippen LogP contribution in [-0.2, 0) is 19.3 Å². The van der Waals surface area contributed by atoms with E-state index in [4.69, 9.17) is 0 Å². The highest BCUT2D eigenvalue weighted by atomic mass is 14.0. The minimum Gasteiger partial charge on any atom is -0.0622 e. The lowest BCUT2D eigenvalue weighted by Crippen LogP contribution is -1.83. The van der Waals surface area contributed by atoms with Gasteiger partial charge in [0.2, 0.25) is 0 Å². The molecule has 0 aliphatic carbocycles. The molecule has 18 heavy (non-hydrogen) atoms. The highest BCUT2D eigenvalue weighted by Crippen LogP contribution is 2.05. The molecule has 0 saturated heterocycles. The van der Waals surface area contributed by atoms with E-state index >= 15 is 0 Å². The number of hydrogen-bond acceptors (Lipinski definition) is 0. The first kappa shape index (κ1) is 14.5. The second-order valence-electron chi connectivity index (χ2n) is 4.37. The number of benzene rings is 2. The van der Waals surface area contributed by atoms with E-state index in [9.17, 15) is 0 Å². The first-order valence-electron chi connectivity index (χ1n) is 6.91. The highest BCUT2D eigenvalue weighted by Gasteiger charge is 1.89. The van der Waals surface area contributed by atoms with Gasteiger partial charge < -0.3 is 0 Å². The Morgan fingerprint density at radius 3 is 1.39 bits per heavy atom. The predicted molar refractivity (Wildman–Crippen MR) is 81.0 cm³/mol. The Morgan fingerprint density at radius 2 is 1.00 bits per heavy atom. The zero-order valence-electron chi connectivity index (χ0n) is 11.8. The van der Waals surface area contributed by atoms with Crippen molar-refractivity contribution in [3.8, 4) is 0 Å². The van der Waals surface area contributed by atoms with Crippen LogP contribution in [0.25, 0.3) is 0 Å². The van der Waals surface area contributed by atoms with E-state index in [-0.39, 0.29) is 0 Å². The lowest BCUT2D eigenvalue weighted by atomic mass is 10.1. The molecule has 0 aromatic heterocycles. The standard InChI is InChI=1S/C10H14.C8H10/c1-3-9-6-5-7-10(4-2)8-9;1-2-8-6-4-3-5-7-8/h5-8H,3-4H2,1-2H3;3-7H,2H2,1H3. The van der Waals surface area contributed by atoms with Crippen LogP contribution in [0.2, 0.25) is 0 Å². The summed E-state index contributed by atoms with van der Waals surface area (Å²) in [6, 6.07) is 19.2. The third kappa shape index (κ3) is 5.18. The van der Waals surface area contributed by atoms with Crippen molar-refractivity contribution < 1.29 is 0 Å². The lowest BCUT2D eigenvalue weighted by Gasteiger charge is -1.98. The number of hydrogen-bond donors (Lipinski definition) is 0. The van der Waals surface area contributed by atoms with Crippen LogP contribution in [0.3, 0.4) is 0 Å². The highest BCUT2D eigenvalue weighted by molar-refractivity contribution is 5.23. The van der Waals surface area contributed by atoms with Crippen LogP contribution in [0, 0.1) is 0 Å². The van der Waals surface area contributed by atoms with Gasteiger partial charge in [-0.3, -0.25) is 0 Å². The Morgan fingerprint density at radius 1 is 0.556 bits per heavy atom. The molecule has 0 saturated carbocycles. The molecular formula is C18H24.